The summed E-state index contributed by atoms with van der Waals surface area (Å²) in [6.07, 6.45) is 9.80. The number of rotatable bonds is 12. The molecule has 2 aromatic carbocycles. The Balaban J connectivity index is 1.58. The monoisotopic (exact) mass is 626 g/mol. The number of aryl methyl sites for hydroxylation is 2. The van der Waals surface area contributed by atoms with Gasteiger partial charge in [-0.15, -0.1) is 0 Å². The Kier molecular flexibility index (Phi) is 11.1. The second kappa shape index (κ2) is 14.0. The summed E-state index contributed by atoms with van der Waals surface area (Å²) in [5, 5.41) is 11.4. The quantitative estimate of drug-likeness (QED) is 0.257. The van der Waals surface area contributed by atoms with Crippen molar-refractivity contribution < 1.29 is 5.11 Å². The number of nitrogens with zero attached hydrogens (tertiary/aromatic N) is 2. The summed E-state index contributed by atoms with van der Waals surface area (Å²) >= 11 is -2.55. The van der Waals surface area contributed by atoms with Gasteiger partial charge in [0.15, 0.2) is 0 Å². The summed E-state index contributed by atoms with van der Waals surface area (Å²) < 4.78 is 6.40. The fraction of sp³-hybridized carbons (Fsp3) is 0.647. The summed E-state index contributed by atoms with van der Waals surface area (Å²) in [5.41, 5.74) is 7.24. The number of hydrogen-bond donors (Lipinski definition) is 1. The number of anilines is 1. The van der Waals surface area contributed by atoms with Gasteiger partial charge in [0.05, 0.1) is 0 Å². The molecule has 0 bridgehead atoms. The Bertz CT molecular complexity index is 1010. The minimum absolute atomic E-state index is 0.253. The Labute approximate surface area is 237 Å². The first-order chi connectivity index (χ1) is 18.4. The molecule has 0 amide bonds. The van der Waals surface area contributed by atoms with Crippen LogP contribution in [0.3, 0.4) is 0 Å². The molecule has 1 aliphatic carbocycles. The van der Waals surface area contributed by atoms with E-state index in [1.54, 1.807) is 5.56 Å². The fourth-order valence-corrected chi connectivity index (χ4v) is 24.5. The van der Waals surface area contributed by atoms with Crippen LogP contribution in [-0.2, 0) is 12.8 Å². The molecule has 210 valence electrons. The van der Waals surface area contributed by atoms with E-state index in [1.165, 1.54) is 74.2 Å². The van der Waals surface area contributed by atoms with Gasteiger partial charge in [-0.1, -0.05) is 0 Å². The predicted molar refractivity (Wildman–Crippen MR) is 168 cm³/mol. The zero-order valence-corrected chi connectivity index (χ0v) is 27.9. The Morgan fingerprint density at radius 3 is 2.05 bits per heavy atom. The van der Waals surface area contributed by atoms with Gasteiger partial charge >= 0.3 is 239 Å². The van der Waals surface area contributed by atoms with E-state index in [4.69, 9.17) is 0 Å². The summed E-state index contributed by atoms with van der Waals surface area (Å²) in [6.45, 7) is 15.7. The van der Waals surface area contributed by atoms with Crippen LogP contribution in [0, 0.1) is 13.8 Å². The van der Waals surface area contributed by atoms with Gasteiger partial charge < -0.3 is 0 Å². The standard InChI is InChI=1S/C22H27N2O.3C4H9.Sn/c1-16-7-8-17(2)20(13-16)23-9-11-24(12-10-23)21-14-18-5-3-4-6-19(18)15-22(21)25;3*1-3-4-2;/h3-4,6-8,13,21-22,25H,9-12,14-15H2,1-2H3;3*1,3-4H2,2H3;/t21-,22-;;;;/m0..../s1. The van der Waals surface area contributed by atoms with Gasteiger partial charge in [-0.3, -0.25) is 0 Å². The number of unbranched alkanes of at least 4 members (excludes halogenated alkanes) is 3. The number of aliphatic hydroxyl groups excluding tert-OH is 1. The number of hydrogen-bond acceptors (Lipinski definition) is 3. The number of piperazine rings is 1. The molecule has 2 aliphatic rings. The molecule has 1 aliphatic heterocycles. The third kappa shape index (κ3) is 6.81. The molecule has 3 nitrogen and oxygen atoms in total. The normalized spacial score (nSPS) is 20.5. The first-order valence-electron chi connectivity index (χ1n) is 15.8. The number of aliphatic hydroxyl groups is 1. The number of benzene rings is 2. The molecular weight excluding hydrogens is 571 g/mol. The van der Waals surface area contributed by atoms with Crippen molar-refractivity contribution in [1.82, 2.24) is 4.90 Å². The van der Waals surface area contributed by atoms with Crippen molar-refractivity contribution in [2.24, 2.45) is 0 Å². The average molecular weight is 626 g/mol. The minimum atomic E-state index is -2.55. The second-order valence-electron chi connectivity index (χ2n) is 12.4. The van der Waals surface area contributed by atoms with Crippen LogP contribution in [0.4, 0.5) is 5.69 Å². The van der Waals surface area contributed by atoms with Crippen molar-refractivity contribution in [2.75, 3.05) is 31.1 Å². The van der Waals surface area contributed by atoms with Crippen LogP contribution in [0.15, 0.2) is 36.4 Å². The molecule has 2 aromatic rings. The van der Waals surface area contributed by atoms with Gasteiger partial charge in [-0.2, -0.15) is 0 Å². The van der Waals surface area contributed by atoms with Crippen LogP contribution >= 0.6 is 0 Å². The zero-order chi connectivity index (χ0) is 27.1. The van der Waals surface area contributed by atoms with E-state index in [1.807, 2.05) is 3.58 Å². The van der Waals surface area contributed by atoms with Crippen LogP contribution in [-0.4, -0.2) is 66.7 Å². The summed E-state index contributed by atoms with van der Waals surface area (Å²) in [5.74, 6) is 0. The number of fused-ring (bicyclic) bond motifs is 1. The summed E-state index contributed by atoms with van der Waals surface area (Å²) in [4.78, 5) is 5.20. The van der Waals surface area contributed by atoms with E-state index in [0.29, 0.717) is 0 Å². The van der Waals surface area contributed by atoms with Crippen molar-refractivity contribution >= 4 is 27.6 Å². The SMILES string of the molecule is CCC[CH2][Sn]([CH2]CCC)([CH2]CCC)[c]1cccc2c1C[C@H](N1CCN(c3cc(C)ccc3C)CC1)[C@@H](O)C2. The fourth-order valence-electron chi connectivity index (χ4n) is 7.32. The Morgan fingerprint density at radius 2 is 1.45 bits per heavy atom. The first-order valence-corrected chi connectivity index (χ1v) is 23.3. The topological polar surface area (TPSA) is 26.7 Å². The van der Waals surface area contributed by atoms with Crippen LogP contribution < -0.4 is 8.48 Å². The van der Waals surface area contributed by atoms with Gasteiger partial charge in [0.25, 0.3) is 0 Å². The molecule has 0 unspecified atom stereocenters. The van der Waals surface area contributed by atoms with Gasteiger partial charge in [-0.05, 0) is 0 Å². The Hall–Kier alpha value is -1.04. The molecule has 0 radical (unpaired) electrons. The first kappa shape index (κ1) is 29.9. The predicted octanol–water partition coefficient (Wildman–Crippen LogP) is 7.01. The van der Waals surface area contributed by atoms with Gasteiger partial charge in [0.2, 0.25) is 0 Å². The van der Waals surface area contributed by atoms with E-state index in [2.05, 4.69) is 80.8 Å². The second-order valence-corrected chi connectivity index (χ2v) is 25.5. The van der Waals surface area contributed by atoms with E-state index in [-0.39, 0.29) is 12.1 Å². The molecule has 38 heavy (non-hydrogen) atoms. The molecule has 1 fully saturated rings. The maximum atomic E-state index is 11.4. The van der Waals surface area contributed by atoms with Gasteiger partial charge in [-0.25, -0.2) is 0 Å². The maximum absolute atomic E-state index is 11.4. The van der Waals surface area contributed by atoms with Crippen molar-refractivity contribution in [2.45, 2.75) is 111 Å². The van der Waals surface area contributed by atoms with E-state index in [0.717, 1.165) is 39.0 Å². The molecule has 0 aromatic heterocycles. The van der Waals surface area contributed by atoms with Crippen molar-refractivity contribution in [3.05, 3.63) is 58.7 Å². The summed E-state index contributed by atoms with van der Waals surface area (Å²) in [6, 6.07) is 14.3. The zero-order valence-electron chi connectivity index (χ0n) is 25.1. The van der Waals surface area contributed by atoms with E-state index in [9.17, 15) is 5.11 Å². The summed E-state index contributed by atoms with van der Waals surface area (Å²) in [7, 11) is 0. The molecule has 1 heterocycles. The van der Waals surface area contributed by atoms with Gasteiger partial charge in [0.1, 0.15) is 0 Å². The molecule has 4 rings (SSSR count). The van der Waals surface area contributed by atoms with Crippen LogP contribution in [0.2, 0.25) is 13.3 Å². The van der Waals surface area contributed by atoms with E-state index < -0.39 is 18.4 Å². The third-order valence-electron chi connectivity index (χ3n) is 9.65. The van der Waals surface area contributed by atoms with Crippen LogP contribution in [0.1, 0.15) is 81.5 Å². The molecule has 2 atom stereocenters. The van der Waals surface area contributed by atoms with Crippen LogP contribution in [0.25, 0.3) is 0 Å². The average Bonchev–Trinajstić information content (AvgIpc) is 2.93. The molecule has 0 saturated carbocycles. The molecule has 0 spiro atoms. The molecule has 1 N–H and O–H groups in total. The molecule has 4 heteroatoms. The Morgan fingerprint density at radius 1 is 0.816 bits per heavy atom. The van der Waals surface area contributed by atoms with Crippen molar-refractivity contribution in [1.29, 1.82) is 0 Å². The molecular formula is C34H54N2OSn. The molecule has 1 saturated heterocycles. The van der Waals surface area contributed by atoms with Crippen molar-refractivity contribution in [3.63, 3.8) is 0 Å². The third-order valence-corrected chi connectivity index (χ3v) is 25.5. The van der Waals surface area contributed by atoms with Gasteiger partial charge in [0, 0.05) is 0 Å². The van der Waals surface area contributed by atoms with Crippen molar-refractivity contribution in [3.8, 4) is 0 Å². The van der Waals surface area contributed by atoms with E-state index >= 15 is 0 Å². The van der Waals surface area contributed by atoms with Crippen LogP contribution in [0.5, 0.6) is 0 Å².